The summed E-state index contributed by atoms with van der Waals surface area (Å²) in [6.45, 7) is 3.87. The number of rotatable bonds is 7. The minimum atomic E-state index is -2.95. The van der Waals surface area contributed by atoms with Gasteiger partial charge in [-0.25, -0.2) is 8.42 Å². The summed E-state index contributed by atoms with van der Waals surface area (Å²) in [5.74, 6) is 0.772. The number of carbonyl (C=O) groups excluding carboxylic acids is 1. The van der Waals surface area contributed by atoms with E-state index in [9.17, 15) is 13.2 Å². The fourth-order valence-corrected chi connectivity index (χ4v) is 5.07. The van der Waals surface area contributed by atoms with Crippen molar-refractivity contribution in [2.45, 2.75) is 51.2 Å². The summed E-state index contributed by atoms with van der Waals surface area (Å²) in [5, 5.41) is 2.81. The number of sulfone groups is 1. The summed E-state index contributed by atoms with van der Waals surface area (Å²) in [4.78, 5) is 13.9. The van der Waals surface area contributed by atoms with Crippen LogP contribution in [0.15, 0.2) is 0 Å². The molecule has 23 heavy (non-hydrogen) atoms. The maximum atomic E-state index is 11.9. The van der Waals surface area contributed by atoms with E-state index in [0.717, 1.165) is 6.42 Å². The highest BCUT2D eigenvalue weighted by molar-refractivity contribution is 7.91. The highest BCUT2D eigenvalue weighted by Gasteiger charge is 2.29. The molecule has 7 heteroatoms. The highest BCUT2D eigenvalue weighted by atomic mass is 32.2. The minimum Gasteiger partial charge on any atom is -0.377 e. The first-order chi connectivity index (χ1) is 10.9. The first kappa shape index (κ1) is 18.7. The van der Waals surface area contributed by atoms with E-state index in [1.54, 1.807) is 0 Å². The summed E-state index contributed by atoms with van der Waals surface area (Å²) in [6, 6.07) is -0.222. The lowest BCUT2D eigenvalue weighted by Gasteiger charge is -2.29. The molecule has 0 radical (unpaired) electrons. The average Bonchev–Trinajstić information content (AvgIpc) is 2.79. The molecule has 134 valence electrons. The van der Waals surface area contributed by atoms with E-state index in [0.29, 0.717) is 31.6 Å². The summed E-state index contributed by atoms with van der Waals surface area (Å²) < 4.78 is 28.7. The molecule has 1 amide bonds. The molecule has 0 aromatic carbocycles. The Labute approximate surface area is 139 Å². The molecular formula is C16H30N2O4S. The third kappa shape index (κ3) is 6.39. The van der Waals surface area contributed by atoms with Crippen molar-refractivity contribution in [3.05, 3.63) is 0 Å². The van der Waals surface area contributed by atoms with Crippen LogP contribution in [0.2, 0.25) is 0 Å². The Balaban J connectivity index is 1.60. The Morgan fingerprint density at radius 1 is 1.26 bits per heavy atom. The number of likely N-dealkylation sites (N-methyl/N-ethyl adjacent to an activating group) is 1. The van der Waals surface area contributed by atoms with Crippen LogP contribution in [0.5, 0.6) is 0 Å². The first-order valence-electron chi connectivity index (χ1n) is 8.65. The second-order valence-electron chi connectivity index (χ2n) is 7.08. The monoisotopic (exact) mass is 346 g/mol. The maximum absolute atomic E-state index is 11.9. The molecule has 6 nitrogen and oxygen atoms in total. The van der Waals surface area contributed by atoms with Crippen LogP contribution in [0.1, 0.15) is 39.0 Å². The average molecular weight is 346 g/mol. The van der Waals surface area contributed by atoms with Crippen molar-refractivity contribution in [1.82, 2.24) is 10.2 Å². The Morgan fingerprint density at radius 3 is 2.65 bits per heavy atom. The van der Waals surface area contributed by atoms with Crippen molar-refractivity contribution in [3.63, 3.8) is 0 Å². The van der Waals surface area contributed by atoms with Crippen molar-refractivity contribution < 1.29 is 17.9 Å². The molecule has 0 aromatic heterocycles. The number of ether oxygens (including phenoxy) is 1. The second-order valence-corrected chi connectivity index (χ2v) is 9.30. The molecule has 2 rings (SSSR count). The van der Waals surface area contributed by atoms with E-state index in [1.165, 1.54) is 19.3 Å². The third-order valence-corrected chi connectivity index (χ3v) is 6.62. The molecular weight excluding hydrogens is 316 g/mol. The number of hydrogen-bond acceptors (Lipinski definition) is 5. The van der Waals surface area contributed by atoms with E-state index in [4.69, 9.17) is 4.74 Å². The van der Waals surface area contributed by atoms with Crippen LogP contribution in [0.3, 0.4) is 0 Å². The van der Waals surface area contributed by atoms with E-state index in [2.05, 4.69) is 12.2 Å². The summed E-state index contributed by atoms with van der Waals surface area (Å²) in [6.07, 6.45) is 5.82. The number of carbonyl (C=O) groups is 1. The molecule has 2 aliphatic rings. The Morgan fingerprint density at radius 2 is 2.00 bits per heavy atom. The SMILES string of the molecule is CC1CCCCC1OCCN(C)CC(=O)NC1CCS(=O)(=O)C1. The van der Waals surface area contributed by atoms with Gasteiger partial charge in [0.15, 0.2) is 9.84 Å². The zero-order chi connectivity index (χ0) is 16.9. The van der Waals surface area contributed by atoms with Gasteiger partial charge in [-0.15, -0.1) is 0 Å². The Kier molecular flexibility index (Phi) is 6.85. The molecule has 2 fully saturated rings. The van der Waals surface area contributed by atoms with E-state index in [-0.39, 0.29) is 30.0 Å². The van der Waals surface area contributed by atoms with Crippen LogP contribution in [0, 0.1) is 5.92 Å². The van der Waals surface area contributed by atoms with Crippen molar-refractivity contribution in [2.75, 3.05) is 38.2 Å². The molecule has 1 aliphatic heterocycles. The van der Waals surface area contributed by atoms with Gasteiger partial charge in [0, 0.05) is 12.6 Å². The van der Waals surface area contributed by atoms with Crippen LogP contribution in [0.25, 0.3) is 0 Å². The lowest BCUT2D eigenvalue weighted by molar-refractivity contribution is -0.122. The number of nitrogens with zero attached hydrogens (tertiary/aromatic N) is 1. The third-order valence-electron chi connectivity index (χ3n) is 4.85. The standard InChI is InChI=1S/C16H30N2O4S/c1-13-5-3-4-6-15(13)22-9-8-18(2)11-16(19)17-14-7-10-23(20,21)12-14/h13-15H,3-12H2,1-2H3,(H,17,19). The fourth-order valence-electron chi connectivity index (χ4n) is 3.40. The molecule has 1 aliphatic carbocycles. The topological polar surface area (TPSA) is 75.7 Å². The van der Waals surface area contributed by atoms with Gasteiger partial charge >= 0.3 is 0 Å². The predicted octanol–water partition coefficient (Wildman–Crippen LogP) is 0.817. The van der Waals surface area contributed by atoms with Gasteiger partial charge in [0.1, 0.15) is 0 Å². The van der Waals surface area contributed by atoms with Crippen molar-refractivity contribution >= 4 is 15.7 Å². The molecule has 3 unspecified atom stereocenters. The van der Waals surface area contributed by atoms with Crippen molar-refractivity contribution in [1.29, 1.82) is 0 Å². The van der Waals surface area contributed by atoms with E-state index >= 15 is 0 Å². The largest absolute Gasteiger partial charge is 0.377 e. The van der Waals surface area contributed by atoms with Gasteiger partial charge in [0.05, 0.1) is 30.8 Å². The summed E-state index contributed by atoms with van der Waals surface area (Å²) in [5.41, 5.74) is 0. The van der Waals surface area contributed by atoms with E-state index < -0.39 is 9.84 Å². The molecule has 1 saturated heterocycles. The molecule has 1 N–H and O–H groups in total. The van der Waals surface area contributed by atoms with Crippen molar-refractivity contribution in [3.8, 4) is 0 Å². The van der Waals surface area contributed by atoms with Gasteiger partial charge in [-0.05, 0) is 32.2 Å². The van der Waals surface area contributed by atoms with Gasteiger partial charge < -0.3 is 10.1 Å². The van der Waals surface area contributed by atoms with Gasteiger partial charge in [-0.2, -0.15) is 0 Å². The van der Waals surface area contributed by atoms with Gasteiger partial charge in [0.2, 0.25) is 5.91 Å². The molecule has 0 bridgehead atoms. The second kappa shape index (κ2) is 8.44. The minimum absolute atomic E-state index is 0.0745. The van der Waals surface area contributed by atoms with Gasteiger partial charge in [0.25, 0.3) is 0 Å². The van der Waals surface area contributed by atoms with Gasteiger partial charge in [-0.3, -0.25) is 9.69 Å². The zero-order valence-corrected chi connectivity index (χ0v) is 15.1. The zero-order valence-electron chi connectivity index (χ0n) is 14.3. The lowest BCUT2D eigenvalue weighted by atomic mass is 9.88. The Bertz CT molecular complexity index is 494. The quantitative estimate of drug-likeness (QED) is 0.738. The smallest absolute Gasteiger partial charge is 0.234 e. The predicted molar refractivity (Wildman–Crippen MR) is 90.1 cm³/mol. The maximum Gasteiger partial charge on any atom is 0.234 e. The van der Waals surface area contributed by atoms with E-state index in [1.807, 2.05) is 11.9 Å². The van der Waals surface area contributed by atoms with Crippen molar-refractivity contribution in [2.24, 2.45) is 5.92 Å². The molecule has 3 atom stereocenters. The molecule has 0 aromatic rings. The number of hydrogen-bond donors (Lipinski definition) is 1. The Hall–Kier alpha value is -0.660. The first-order valence-corrected chi connectivity index (χ1v) is 10.5. The van der Waals surface area contributed by atoms with Gasteiger partial charge in [-0.1, -0.05) is 19.8 Å². The number of amides is 1. The highest BCUT2D eigenvalue weighted by Crippen LogP contribution is 2.26. The lowest BCUT2D eigenvalue weighted by Crippen LogP contribution is -2.42. The van der Waals surface area contributed by atoms with Crippen LogP contribution >= 0.6 is 0 Å². The van der Waals surface area contributed by atoms with Crippen LogP contribution in [0.4, 0.5) is 0 Å². The summed E-state index contributed by atoms with van der Waals surface area (Å²) in [7, 11) is -1.06. The molecule has 1 heterocycles. The van der Waals surface area contributed by atoms with Crippen LogP contribution in [-0.4, -0.2) is 69.6 Å². The molecule has 0 spiro atoms. The normalized spacial score (nSPS) is 30.5. The van der Waals surface area contributed by atoms with Crippen LogP contribution < -0.4 is 5.32 Å². The molecule has 1 saturated carbocycles. The summed E-state index contributed by atoms with van der Waals surface area (Å²) >= 11 is 0. The fraction of sp³-hybridized carbons (Fsp3) is 0.938. The van der Waals surface area contributed by atoms with Crippen LogP contribution in [-0.2, 0) is 19.4 Å². The number of nitrogens with one attached hydrogen (secondary N) is 1.